The van der Waals surface area contributed by atoms with E-state index in [2.05, 4.69) is 24.1 Å². The number of nitrogens with one attached hydrogen (secondary N) is 1. The Morgan fingerprint density at radius 3 is 2.68 bits per heavy atom. The third kappa shape index (κ3) is 3.16. The molecular formula is C14H22N4O. The zero-order chi connectivity index (χ0) is 14.0. The van der Waals surface area contributed by atoms with E-state index in [1.54, 1.807) is 12.1 Å². The van der Waals surface area contributed by atoms with Gasteiger partial charge in [-0.15, -0.1) is 0 Å². The monoisotopic (exact) mass is 262 g/mol. The molecule has 3 atom stereocenters. The van der Waals surface area contributed by atoms with Gasteiger partial charge in [0.25, 0.3) is 5.91 Å². The van der Waals surface area contributed by atoms with Gasteiger partial charge in [-0.3, -0.25) is 4.79 Å². The fourth-order valence-electron chi connectivity index (χ4n) is 2.59. The lowest BCUT2D eigenvalue weighted by atomic mass is 9.79. The van der Waals surface area contributed by atoms with E-state index < -0.39 is 5.91 Å². The van der Waals surface area contributed by atoms with E-state index in [0.29, 0.717) is 23.5 Å². The molecule has 5 nitrogen and oxygen atoms in total. The number of hydrogen-bond donors (Lipinski definition) is 3. The first-order valence-electron chi connectivity index (χ1n) is 6.80. The third-order valence-electron chi connectivity index (χ3n) is 4.12. The van der Waals surface area contributed by atoms with Gasteiger partial charge in [0.1, 0.15) is 11.5 Å². The highest BCUT2D eigenvalue weighted by Gasteiger charge is 2.25. The van der Waals surface area contributed by atoms with Crippen molar-refractivity contribution in [3.63, 3.8) is 0 Å². The Labute approximate surface area is 113 Å². The predicted octanol–water partition coefficient (Wildman–Crippen LogP) is 2.00. The normalized spacial score (nSPS) is 26.9. The Balaban J connectivity index is 2.10. The van der Waals surface area contributed by atoms with Crippen molar-refractivity contribution in [2.45, 2.75) is 39.2 Å². The summed E-state index contributed by atoms with van der Waals surface area (Å²) in [5.41, 5.74) is 11.9. The zero-order valence-electron chi connectivity index (χ0n) is 11.5. The standard InChI is InChI=1S/C14H22N4O/c1-8-3-4-10(7-9(8)2)17-14-11(15)5-6-12(18-14)13(16)19/h5-6,8-10H,3-4,7,15H2,1-2H3,(H2,16,19)(H,17,18). The van der Waals surface area contributed by atoms with Gasteiger partial charge in [0.2, 0.25) is 0 Å². The van der Waals surface area contributed by atoms with Crippen molar-refractivity contribution in [2.24, 2.45) is 17.6 Å². The second kappa shape index (κ2) is 5.47. The van der Waals surface area contributed by atoms with E-state index in [9.17, 15) is 4.79 Å². The second-order valence-corrected chi connectivity index (χ2v) is 5.61. The van der Waals surface area contributed by atoms with Crippen LogP contribution < -0.4 is 16.8 Å². The number of hydrogen-bond acceptors (Lipinski definition) is 4. The van der Waals surface area contributed by atoms with E-state index in [0.717, 1.165) is 18.8 Å². The number of nitrogen functional groups attached to an aromatic ring is 1. The molecule has 1 saturated carbocycles. The predicted molar refractivity (Wildman–Crippen MR) is 76.8 cm³/mol. The van der Waals surface area contributed by atoms with Crippen LogP contribution in [0.25, 0.3) is 0 Å². The Kier molecular flexibility index (Phi) is 3.93. The molecule has 1 heterocycles. The molecule has 1 aromatic heterocycles. The topological polar surface area (TPSA) is 94.0 Å². The number of aromatic nitrogens is 1. The molecule has 3 unspecified atom stereocenters. The number of nitrogens with zero attached hydrogens (tertiary/aromatic N) is 1. The first-order chi connectivity index (χ1) is 8.97. The van der Waals surface area contributed by atoms with E-state index in [1.807, 2.05) is 0 Å². The van der Waals surface area contributed by atoms with Gasteiger partial charge in [-0.1, -0.05) is 13.8 Å². The van der Waals surface area contributed by atoms with E-state index in [1.165, 1.54) is 6.42 Å². The number of primary amides is 1. The average Bonchev–Trinajstić information content (AvgIpc) is 2.36. The fraction of sp³-hybridized carbons (Fsp3) is 0.571. The SMILES string of the molecule is CC1CCC(Nc2nc(C(N)=O)ccc2N)CC1C. The van der Waals surface area contributed by atoms with E-state index in [4.69, 9.17) is 11.5 Å². The quantitative estimate of drug-likeness (QED) is 0.776. The average molecular weight is 262 g/mol. The van der Waals surface area contributed by atoms with Gasteiger partial charge in [0, 0.05) is 6.04 Å². The maximum atomic E-state index is 11.1. The summed E-state index contributed by atoms with van der Waals surface area (Å²) < 4.78 is 0. The number of nitrogens with two attached hydrogens (primary N) is 2. The molecule has 1 aliphatic carbocycles. The van der Waals surface area contributed by atoms with Crippen LogP contribution in [0.1, 0.15) is 43.6 Å². The highest BCUT2D eigenvalue weighted by Crippen LogP contribution is 2.31. The number of rotatable bonds is 3. The number of carbonyl (C=O) groups excluding carboxylic acids is 1. The lowest BCUT2D eigenvalue weighted by Crippen LogP contribution is -2.31. The van der Waals surface area contributed by atoms with Crippen molar-refractivity contribution in [1.29, 1.82) is 0 Å². The van der Waals surface area contributed by atoms with Crippen molar-refractivity contribution in [1.82, 2.24) is 4.98 Å². The number of amides is 1. The van der Waals surface area contributed by atoms with Crippen LogP contribution >= 0.6 is 0 Å². The summed E-state index contributed by atoms with van der Waals surface area (Å²) in [5, 5.41) is 3.35. The van der Waals surface area contributed by atoms with Gasteiger partial charge in [0.15, 0.2) is 0 Å². The molecule has 5 N–H and O–H groups in total. The largest absolute Gasteiger partial charge is 0.396 e. The van der Waals surface area contributed by atoms with Crippen LogP contribution in [-0.2, 0) is 0 Å². The molecule has 0 radical (unpaired) electrons. The fourth-order valence-corrected chi connectivity index (χ4v) is 2.59. The maximum absolute atomic E-state index is 11.1. The molecule has 0 saturated heterocycles. The molecule has 0 bridgehead atoms. The minimum Gasteiger partial charge on any atom is -0.396 e. The highest BCUT2D eigenvalue weighted by molar-refractivity contribution is 5.91. The molecule has 1 fully saturated rings. The van der Waals surface area contributed by atoms with Crippen LogP contribution in [0.4, 0.5) is 11.5 Å². The Hall–Kier alpha value is -1.78. The Morgan fingerprint density at radius 1 is 1.32 bits per heavy atom. The van der Waals surface area contributed by atoms with Gasteiger partial charge in [-0.05, 0) is 43.2 Å². The molecule has 104 valence electrons. The summed E-state index contributed by atoms with van der Waals surface area (Å²) in [6.45, 7) is 4.57. The van der Waals surface area contributed by atoms with Crippen molar-refractivity contribution < 1.29 is 4.79 Å². The molecule has 2 rings (SSSR count). The van der Waals surface area contributed by atoms with Gasteiger partial charge < -0.3 is 16.8 Å². The van der Waals surface area contributed by atoms with Gasteiger partial charge in [-0.2, -0.15) is 0 Å². The van der Waals surface area contributed by atoms with E-state index >= 15 is 0 Å². The summed E-state index contributed by atoms with van der Waals surface area (Å²) in [6.07, 6.45) is 3.41. The zero-order valence-corrected chi connectivity index (χ0v) is 11.5. The van der Waals surface area contributed by atoms with Crippen molar-refractivity contribution in [2.75, 3.05) is 11.1 Å². The van der Waals surface area contributed by atoms with Crippen molar-refractivity contribution in [3.8, 4) is 0 Å². The number of pyridine rings is 1. The van der Waals surface area contributed by atoms with Gasteiger partial charge >= 0.3 is 0 Å². The summed E-state index contributed by atoms with van der Waals surface area (Å²) in [4.78, 5) is 15.3. The van der Waals surface area contributed by atoms with Crippen molar-refractivity contribution >= 4 is 17.4 Å². The summed E-state index contributed by atoms with van der Waals surface area (Å²) >= 11 is 0. The molecule has 0 aliphatic heterocycles. The molecular weight excluding hydrogens is 240 g/mol. The lowest BCUT2D eigenvalue weighted by Gasteiger charge is -2.33. The summed E-state index contributed by atoms with van der Waals surface area (Å²) in [6, 6.07) is 3.59. The maximum Gasteiger partial charge on any atom is 0.267 e. The van der Waals surface area contributed by atoms with Crippen LogP contribution in [0.5, 0.6) is 0 Å². The highest BCUT2D eigenvalue weighted by atomic mass is 16.1. The molecule has 1 aliphatic rings. The van der Waals surface area contributed by atoms with E-state index in [-0.39, 0.29) is 5.69 Å². The minimum atomic E-state index is -0.534. The smallest absolute Gasteiger partial charge is 0.267 e. The minimum absolute atomic E-state index is 0.244. The Morgan fingerprint density at radius 2 is 2.05 bits per heavy atom. The number of carbonyl (C=O) groups is 1. The first-order valence-corrected chi connectivity index (χ1v) is 6.80. The lowest BCUT2D eigenvalue weighted by molar-refractivity contribution is 0.0995. The van der Waals surface area contributed by atoms with Gasteiger partial charge in [-0.25, -0.2) is 4.98 Å². The van der Waals surface area contributed by atoms with Gasteiger partial charge in [0.05, 0.1) is 5.69 Å². The van der Waals surface area contributed by atoms with Crippen LogP contribution in [0, 0.1) is 11.8 Å². The molecule has 0 spiro atoms. The third-order valence-corrected chi connectivity index (χ3v) is 4.12. The summed E-state index contributed by atoms with van der Waals surface area (Å²) in [5.74, 6) is 1.49. The molecule has 0 aromatic carbocycles. The Bertz CT molecular complexity index is 475. The van der Waals surface area contributed by atoms with Crippen LogP contribution in [0.2, 0.25) is 0 Å². The van der Waals surface area contributed by atoms with Crippen LogP contribution in [0.3, 0.4) is 0 Å². The van der Waals surface area contributed by atoms with Crippen LogP contribution in [0.15, 0.2) is 12.1 Å². The van der Waals surface area contributed by atoms with Crippen molar-refractivity contribution in [3.05, 3.63) is 17.8 Å². The second-order valence-electron chi connectivity index (χ2n) is 5.61. The van der Waals surface area contributed by atoms with Crippen LogP contribution in [-0.4, -0.2) is 16.9 Å². The molecule has 19 heavy (non-hydrogen) atoms. The molecule has 5 heteroatoms. The summed E-state index contributed by atoms with van der Waals surface area (Å²) in [7, 11) is 0. The first kappa shape index (κ1) is 13.6. The number of anilines is 2. The molecule has 1 amide bonds. The molecule has 1 aromatic rings.